The fraction of sp³-hybridized carbons (Fsp3) is 0.148. The molecule has 33 heavy (non-hydrogen) atoms. The van der Waals surface area contributed by atoms with E-state index in [0.717, 1.165) is 16.7 Å². The lowest BCUT2D eigenvalue weighted by molar-refractivity contribution is -0.120. The van der Waals surface area contributed by atoms with E-state index in [0.29, 0.717) is 21.9 Å². The molecule has 5 nitrogen and oxygen atoms in total. The maximum atomic E-state index is 12.8. The van der Waals surface area contributed by atoms with Crippen LogP contribution in [0.15, 0.2) is 89.5 Å². The Morgan fingerprint density at radius 1 is 1.03 bits per heavy atom. The smallest absolute Gasteiger partial charge is 0.225 e. The summed E-state index contributed by atoms with van der Waals surface area (Å²) in [5, 5.41) is 13.0. The summed E-state index contributed by atoms with van der Waals surface area (Å²) in [5.41, 5.74) is 4.05. The zero-order valence-electron chi connectivity index (χ0n) is 18.1. The summed E-state index contributed by atoms with van der Waals surface area (Å²) in [5.74, 6) is 0.250. The van der Waals surface area contributed by atoms with Gasteiger partial charge in [0.2, 0.25) is 5.91 Å². The molecule has 1 aliphatic heterocycles. The quantitative estimate of drug-likeness (QED) is 0.489. The van der Waals surface area contributed by atoms with E-state index in [1.165, 1.54) is 11.8 Å². The number of ether oxygens (including phenoxy) is 1. The Hall–Kier alpha value is -3.82. The Labute approximate surface area is 197 Å². The summed E-state index contributed by atoms with van der Waals surface area (Å²) in [6, 6.07) is 27.0. The molecule has 3 aromatic carbocycles. The summed E-state index contributed by atoms with van der Waals surface area (Å²) < 4.78 is 5.19. The normalized spacial score (nSPS) is 15.5. The van der Waals surface area contributed by atoms with Crippen LogP contribution in [-0.2, 0) is 4.79 Å². The molecule has 0 radical (unpaired) electrons. The molecule has 1 atom stereocenters. The number of Topliss-reactive ketones (excluding diaryl/α,β-unsaturated/α-hetero) is 1. The summed E-state index contributed by atoms with van der Waals surface area (Å²) in [4.78, 5) is 25.1. The van der Waals surface area contributed by atoms with Gasteiger partial charge in [0.05, 0.1) is 29.5 Å². The van der Waals surface area contributed by atoms with Gasteiger partial charge in [0, 0.05) is 17.9 Å². The number of ketones is 1. The molecule has 4 rings (SSSR count). The SMILES string of the molecule is COc1ccc([C@H]2CC(=O)NC(SCC(=O)c3ccc(-c4ccccc4)cc3)=C2C#N)cc1. The predicted molar refractivity (Wildman–Crippen MR) is 130 cm³/mol. The first-order valence-corrected chi connectivity index (χ1v) is 11.5. The van der Waals surface area contributed by atoms with E-state index in [-0.39, 0.29) is 29.8 Å². The third kappa shape index (κ3) is 5.16. The largest absolute Gasteiger partial charge is 0.497 e. The molecule has 0 spiro atoms. The molecular weight excluding hydrogens is 432 g/mol. The van der Waals surface area contributed by atoms with E-state index < -0.39 is 0 Å². The minimum atomic E-state index is -0.350. The number of hydrogen-bond acceptors (Lipinski definition) is 5. The first-order chi connectivity index (χ1) is 16.1. The molecular formula is C27H22N2O3S. The van der Waals surface area contributed by atoms with Gasteiger partial charge in [-0.1, -0.05) is 78.5 Å². The summed E-state index contributed by atoms with van der Waals surface area (Å²) in [6.45, 7) is 0. The van der Waals surface area contributed by atoms with Crippen molar-refractivity contribution in [2.45, 2.75) is 12.3 Å². The van der Waals surface area contributed by atoms with E-state index >= 15 is 0 Å². The molecule has 0 aromatic heterocycles. The van der Waals surface area contributed by atoms with Crippen molar-refractivity contribution in [2.75, 3.05) is 12.9 Å². The Morgan fingerprint density at radius 2 is 1.70 bits per heavy atom. The molecule has 3 aromatic rings. The fourth-order valence-corrected chi connectivity index (χ4v) is 4.73. The number of rotatable bonds is 7. The van der Waals surface area contributed by atoms with Gasteiger partial charge < -0.3 is 10.1 Å². The molecule has 0 bridgehead atoms. The molecule has 1 N–H and O–H groups in total. The highest BCUT2D eigenvalue weighted by atomic mass is 32.2. The van der Waals surface area contributed by atoms with Crippen LogP contribution in [0.1, 0.15) is 28.3 Å². The third-order valence-electron chi connectivity index (χ3n) is 5.54. The lowest BCUT2D eigenvalue weighted by atomic mass is 9.87. The molecule has 0 saturated carbocycles. The molecule has 1 aliphatic rings. The van der Waals surface area contributed by atoms with Gasteiger partial charge in [-0.05, 0) is 28.8 Å². The molecule has 164 valence electrons. The van der Waals surface area contributed by atoms with Crippen LogP contribution in [-0.4, -0.2) is 24.6 Å². The van der Waals surface area contributed by atoms with Gasteiger partial charge in [-0.2, -0.15) is 5.26 Å². The van der Waals surface area contributed by atoms with Gasteiger partial charge in [-0.3, -0.25) is 9.59 Å². The zero-order valence-corrected chi connectivity index (χ0v) is 18.9. The average molecular weight is 455 g/mol. The number of nitrogens with one attached hydrogen (secondary N) is 1. The molecule has 1 amide bonds. The number of hydrogen-bond donors (Lipinski definition) is 1. The predicted octanol–water partition coefficient (Wildman–Crippen LogP) is 5.32. The summed E-state index contributed by atoms with van der Waals surface area (Å²) in [6.07, 6.45) is 0.189. The average Bonchev–Trinajstić information content (AvgIpc) is 2.87. The number of carbonyl (C=O) groups is 2. The second-order valence-electron chi connectivity index (χ2n) is 7.59. The van der Waals surface area contributed by atoms with Crippen molar-refractivity contribution in [3.8, 4) is 22.9 Å². The first kappa shape index (κ1) is 22.4. The van der Waals surface area contributed by atoms with Crippen LogP contribution in [0.3, 0.4) is 0 Å². The second-order valence-corrected chi connectivity index (χ2v) is 8.57. The number of thioether (sulfide) groups is 1. The lowest BCUT2D eigenvalue weighted by Gasteiger charge is -2.25. The van der Waals surface area contributed by atoms with E-state index in [1.54, 1.807) is 7.11 Å². The van der Waals surface area contributed by atoms with Crippen molar-refractivity contribution < 1.29 is 14.3 Å². The molecule has 0 saturated heterocycles. The van der Waals surface area contributed by atoms with E-state index in [9.17, 15) is 14.9 Å². The summed E-state index contributed by atoms with van der Waals surface area (Å²) >= 11 is 1.19. The van der Waals surface area contributed by atoms with Gasteiger partial charge in [-0.15, -0.1) is 0 Å². The van der Waals surface area contributed by atoms with E-state index in [1.807, 2.05) is 78.9 Å². The van der Waals surface area contributed by atoms with E-state index in [4.69, 9.17) is 4.74 Å². The molecule has 0 aliphatic carbocycles. The summed E-state index contributed by atoms with van der Waals surface area (Å²) in [7, 11) is 1.59. The Bertz CT molecular complexity index is 1230. The molecule has 6 heteroatoms. The number of carbonyl (C=O) groups excluding carboxylic acids is 2. The highest BCUT2D eigenvalue weighted by Crippen LogP contribution is 2.36. The minimum Gasteiger partial charge on any atom is -0.497 e. The van der Waals surface area contributed by atoms with Crippen LogP contribution < -0.4 is 10.1 Å². The first-order valence-electron chi connectivity index (χ1n) is 10.5. The Morgan fingerprint density at radius 3 is 2.33 bits per heavy atom. The zero-order chi connectivity index (χ0) is 23.2. The lowest BCUT2D eigenvalue weighted by Crippen LogP contribution is -2.31. The van der Waals surface area contributed by atoms with Crippen molar-refractivity contribution in [1.29, 1.82) is 5.26 Å². The maximum Gasteiger partial charge on any atom is 0.225 e. The molecule has 1 heterocycles. The highest BCUT2D eigenvalue weighted by Gasteiger charge is 2.30. The van der Waals surface area contributed by atoms with Crippen molar-refractivity contribution in [3.05, 3.63) is 101 Å². The van der Waals surface area contributed by atoms with Crippen LogP contribution >= 0.6 is 11.8 Å². The van der Waals surface area contributed by atoms with Gasteiger partial charge in [0.1, 0.15) is 5.75 Å². The molecule has 0 fully saturated rings. The number of amides is 1. The van der Waals surface area contributed by atoms with Crippen molar-refractivity contribution in [2.24, 2.45) is 0 Å². The maximum absolute atomic E-state index is 12.8. The minimum absolute atomic E-state index is 0.0646. The van der Waals surface area contributed by atoms with Gasteiger partial charge in [0.25, 0.3) is 0 Å². The number of nitrogens with zero attached hydrogens (tertiary/aromatic N) is 1. The highest BCUT2D eigenvalue weighted by molar-refractivity contribution is 8.03. The molecule has 0 unspecified atom stereocenters. The fourth-order valence-electron chi connectivity index (χ4n) is 3.75. The third-order valence-corrected chi connectivity index (χ3v) is 6.55. The number of allylic oxidation sites excluding steroid dienone is 1. The number of methoxy groups -OCH3 is 1. The van der Waals surface area contributed by atoms with Crippen molar-refractivity contribution >= 4 is 23.5 Å². The Kier molecular flexibility index (Phi) is 6.92. The van der Waals surface area contributed by atoms with Crippen LogP contribution in [0, 0.1) is 11.3 Å². The van der Waals surface area contributed by atoms with Gasteiger partial charge in [-0.25, -0.2) is 0 Å². The van der Waals surface area contributed by atoms with Crippen LogP contribution in [0.25, 0.3) is 11.1 Å². The second kappa shape index (κ2) is 10.2. The van der Waals surface area contributed by atoms with Gasteiger partial charge in [0.15, 0.2) is 5.78 Å². The van der Waals surface area contributed by atoms with Gasteiger partial charge >= 0.3 is 0 Å². The number of benzene rings is 3. The van der Waals surface area contributed by atoms with Crippen LogP contribution in [0.2, 0.25) is 0 Å². The van der Waals surface area contributed by atoms with Crippen LogP contribution in [0.4, 0.5) is 0 Å². The number of nitriles is 1. The standard InChI is InChI=1S/C27H22N2O3S/c1-32-22-13-11-20(12-14-22)23-15-26(31)29-27(24(23)16-28)33-17-25(30)21-9-7-19(8-10-21)18-5-3-2-4-6-18/h2-14,23H,15,17H2,1H3,(H,29,31)/t23-/m1/s1. The monoisotopic (exact) mass is 454 g/mol. The van der Waals surface area contributed by atoms with Crippen LogP contribution in [0.5, 0.6) is 5.75 Å². The van der Waals surface area contributed by atoms with Crippen molar-refractivity contribution in [3.63, 3.8) is 0 Å². The Balaban J connectivity index is 1.49. The topological polar surface area (TPSA) is 79.2 Å². The van der Waals surface area contributed by atoms with Crippen molar-refractivity contribution in [1.82, 2.24) is 5.32 Å². The van der Waals surface area contributed by atoms with E-state index in [2.05, 4.69) is 11.4 Å².